The van der Waals surface area contributed by atoms with Crippen molar-refractivity contribution in [2.75, 3.05) is 27.9 Å². The first-order valence-corrected chi connectivity index (χ1v) is 7.73. The molecule has 0 saturated carbocycles. The van der Waals surface area contributed by atoms with Gasteiger partial charge in [-0.25, -0.2) is 0 Å². The van der Waals surface area contributed by atoms with E-state index in [9.17, 15) is 0 Å². The SMILES string of the molecule is C[I-]c1c(N)c(N)c(N)c(N)c1I. The van der Waals surface area contributed by atoms with Crippen LogP contribution >= 0.6 is 22.6 Å². The Balaban J connectivity index is 3.56. The molecule has 0 aliphatic carbocycles. The van der Waals surface area contributed by atoms with E-state index in [1.54, 1.807) is 0 Å². The van der Waals surface area contributed by atoms with Gasteiger partial charge >= 0.3 is 102 Å². The Bertz CT molecular complexity index is 322. The number of nitrogen functional groups attached to an aromatic ring is 4. The summed E-state index contributed by atoms with van der Waals surface area (Å²) in [4.78, 5) is 2.11. The van der Waals surface area contributed by atoms with Crippen LogP contribution in [0.2, 0.25) is 0 Å². The quantitative estimate of drug-likeness (QED) is 0.236. The minimum absolute atomic E-state index is 0.128. The normalized spacial score (nSPS) is 10.6. The van der Waals surface area contributed by atoms with Gasteiger partial charge in [0.15, 0.2) is 0 Å². The third-order valence-corrected chi connectivity index (χ3v) is 6.08. The van der Waals surface area contributed by atoms with Crippen LogP contribution in [0, 0.1) is 7.14 Å². The number of nitrogens with two attached hydrogens (primary N) is 4. The predicted octanol–water partition coefficient (Wildman–Crippen LogP) is -2.49. The van der Waals surface area contributed by atoms with Gasteiger partial charge in [-0.3, -0.25) is 0 Å². The molecule has 0 spiro atoms. The molecule has 1 aromatic rings. The number of alkyl halides is 1. The topological polar surface area (TPSA) is 104 Å². The minimum atomic E-state index is -0.128. The van der Waals surface area contributed by atoms with E-state index in [1.807, 2.05) is 0 Å². The second-order valence-corrected chi connectivity index (χ2v) is 5.71. The van der Waals surface area contributed by atoms with Crippen molar-refractivity contribution >= 4 is 45.3 Å². The molecular weight excluding hydrogens is 394 g/mol. The van der Waals surface area contributed by atoms with Crippen molar-refractivity contribution in [3.63, 3.8) is 0 Å². The van der Waals surface area contributed by atoms with Crippen molar-refractivity contribution in [2.24, 2.45) is 0 Å². The zero-order chi connectivity index (χ0) is 10.2. The Hall–Kier alpha value is -0.120. The molecular formula is C7H11I2N4-. The molecule has 0 fully saturated rings. The Kier molecular flexibility index (Phi) is 3.33. The molecule has 4 nitrogen and oxygen atoms in total. The average molecular weight is 405 g/mol. The molecule has 0 aliphatic rings. The fourth-order valence-electron chi connectivity index (χ4n) is 0.948. The second-order valence-electron chi connectivity index (χ2n) is 2.47. The van der Waals surface area contributed by atoms with E-state index in [0.717, 1.165) is 7.14 Å². The van der Waals surface area contributed by atoms with Crippen LogP contribution in [0.3, 0.4) is 0 Å². The van der Waals surface area contributed by atoms with E-state index in [2.05, 4.69) is 27.5 Å². The summed E-state index contributed by atoms with van der Waals surface area (Å²) in [5.74, 6) is 0. The molecule has 1 aromatic carbocycles. The van der Waals surface area contributed by atoms with Crippen LogP contribution in [0.15, 0.2) is 0 Å². The molecule has 0 atom stereocenters. The van der Waals surface area contributed by atoms with Crippen molar-refractivity contribution < 1.29 is 21.2 Å². The standard InChI is InChI=1S/C7H11I2N4/c1-9-3-2(8)4(10)6(12)7(13)5(3)11/h10-13H2,1H3/q-1. The zero-order valence-corrected chi connectivity index (χ0v) is 11.4. The van der Waals surface area contributed by atoms with Crippen LogP contribution in [-0.2, 0) is 0 Å². The van der Waals surface area contributed by atoms with Crippen molar-refractivity contribution in [2.45, 2.75) is 0 Å². The van der Waals surface area contributed by atoms with Gasteiger partial charge < -0.3 is 0 Å². The Morgan fingerprint density at radius 3 is 1.85 bits per heavy atom. The molecule has 1 rings (SSSR count). The first kappa shape index (κ1) is 11.0. The molecule has 6 heteroatoms. The molecule has 13 heavy (non-hydrogen) atoms. The Morgan fingerprint density at radius 2 is 1.38 bits per heavy atom. The second kappa shape index (κ2) is 3.95. The van der Waals surface area contributed by atoms with E-state index < -0.39 is 0 Å². The number of anilines is 4. The van der Waals surface area contributed by atoms with Crippen LogP contribution in [0.5, 0.6) is 0 Å². The first-order chi connectivity index (χ1) is 6.00. The zero-order valence-electron chi connectivity index (χ0n) is 7.07. The van der Waals surface area contributed by atoms with Gasteiger partial charge in [0.2, 0.25) is 0 Å². The molecule has 0 saturated heterocycles. The molecule has 0 unspecified atom stereocenters. The van der Waals surface area contributed by atoms with Crippen LogP contribution in [0.25, 0.3) is 0 Å². The summed E-state index contributed by atoms with van der Waals surface area (Å²) in [6, 6.07) is 0. The number of rotatable bonds is 1. The number of hydrogen-bond donors (Lipinski definition) is 4. The van der Waals surface area contributed by atoms with Gasteiger partial charge in [0.25, 0.3) is 0 Å². The van der Waals surface area contributed by atoms with Gasteiger partial charge in [0, 0.05) is 0 Å². The molecule has 0 amide bonds. The van der Waals surface area contributed by atoms with Gasteiger partial charge in [-0.15, -0.1) is 0 Å². The maximum atomic E-state index is 5.83. The number of hydrogen-bond acceptors (Lipinski definition) is 4. The van der Waals surface area contributed by atoms with Crippen molar-refractivity contribution in [3.8, 4) is 0 Å². The summed E-state index contributed by atoms with van der Waals surface area (Å²) < 4.78 is 2.04. The Labute approximate surface area is 101 Å². The molecule has 0 heterocycles. The first-order valence-electron chi connectivity index (χ1n) is 3.41. The molecule has 8 N–H and O–H groups in total. The fourth-order valence-corrected chi connectivity index (χ4v) is 4.53. The van der Waals surface area contributed by atoms with Crippen LogP contribution in [-0.4, -0.2) is 4.93 Å². The van der Waals surface area contributed by atoms with Crippen LogP contribution in [0.1, 0.15) is 0 Å². The van der Waals surface area contributed by atoms with E-state index in [1.165, 1.54) is 0 Å². The van der Waals surface area contributed by atoms with E-state index in [4.69, 9.17) is 22.9 Å². The average Bonchev–Trinajstić information content (AvgIpc) is 2.13. The summed E-state index contributed by atoms with van der Waals surface area (Å²) in [5.41, 5.74) is 25.0. The summed E-state index contributed by atoms with van der Waals surface area (Å²) >= 11 is 2.03. The van der Waals surface area contributed by atoms with Crippen LogP contribution in [0.4, 0.5) is 22.7 Å². The van der Waals surface area contributed by atoms with E-state index in [-0.39, 0.29) is 21.2 Å². The third kappa shape index (κ3) is 1.73. The van der Waals surface area contributed by atoms with Crippen LogP contribution < -0.4 is 44.1 Å². The molecule has 74 valence electrons. The summed E-state index contributed by atoms with van der Waals surface area (Å²) in [5, 5.41) is 0. The van der Waals surface area contributed by atoms with Crippen molar-refractivity contribution in [1.82, 2.24) is 0 Å². The maximum absolute atomic E-state index is 5.83. The monoisotopic (exact) mass is 405 g/mol. The Morgan fingerprint density at radius 1 is 0.923 bits per heavy atom. The molecule has 0 aromatic heterocycles. The van der Waals surface area contributed by atoms with Crippen molar-refractivity contribution in [3.05, 3.63) is 7.14 Å². The van der Waals surface area contributed by atoms with Crippen molar-refractivity contribution in [1.29, 1.82) is 0 Å². The number of halogens is 2. The van der Waals surface area contributed by atoms with E-state index >= 15 is 0 Å². The van der Waals surface area contributed by atoms with Gasteiger partial charge in [0.05, 0.1) is 0 Å². The summed E-state index contributed by atoms with van der Waals surface area (Å²) in [7, 11) is 0. The summed E-state index contributed by atoms with van der Waals surface area (Å²) in [6.07, 6.45) is 0. The fraction of sp³-hybridized carbons (Fsp3) is 0.143. The van der Waals surface area contributed by atoms with Gasteiger partial charge in [-0.2, -0.15) is 0 Å². The molecule has 0 radical (unpaired) electrons. The number of benzene rings is 1. The van der Waals surface area contributed by atoms with Gasteiger partial charge in [0.1, 0.15) is 0 Å². The van der Waals surface area contributed by atoms with E-state index in [0.29, 0.717) is 22.7 Å². The molecule has 0 bridgehead atoms. The van der Waals surface area contributed by atoms with Gasteiger partial charge in [-0.05, 0) is 0 Å². The van der Waals surface area contributed by atoms with Gasteiger partial charge in [-0.1, -0.05) is 0 Å². The molecule has 0 aliphatic heterocycles. The third-order valence-electron chi connectivity index (χ3n) is 1.73. The predicted molar refractivity (Wildman–Crippen MR) is 61.4 cm³/mol. The summed E-state index contributed by atoms with van der Waals surface area (Å²) in [6.45, 7) is 0.